The standard InChI is InChI=1S/C18H21N/c1-19-14-18(11-5-2-6-12-18)17-10-9-15-7-3-4-8-16(15)13-17/h2-5,7-10,13,19H,6,11-12,14H2,1H3/t18-/m1/s1. The van der Waals surface area contributed by atoms with Gasteiger partial charge in [-0.2, -0.15) is 0 Å². The molecule has 0 spiro atoms. The van der Waals surface area contributed by atoms with Crippen LogP contribution in [0.4, 0.5) is 0 Å². The molecule has 0 radical (unpaired) electrons. The molecule has 0 saturated carbocycles. The highest BCUT2D eigenvalue weighted by atomic mass is 14.8. The van der Waals surface area contributed by atoms with Crippen LogP contribution in [0.5, 0.6) is 0 Å². The fourth-order valence-electron chi connectivity index (χ4n) is 3.27. The minimum Gasteiger partial charge on any atom is -0.319 e. The Morgan fingerprint density at radius 1 is 1.05 bits per heavy atom. The maximum atomic E-state index is 3.39. The molecule has 0 amide bonds. The van der Waals surface area contributed by atoms with E-state index in [9.17, 15) is 0 Å². The van der Waals surface area contributed by atoms with E-state index in [1.54, 1.807) is 0 Å². The normalized spacial score (nSPS) is 22.8. The van der Waals surface area contributed by atoms with Crippen molar-refractivity contribution in [2.45, 2.75) is 24.7 Å². The van der Waals surface area contributed by atoms with Gasteiger partial charge in [-0.05, 0) is 42.6 Å². The summed E-state index contributed by atoms with van der Waals surface area (Å²) in [6.45, 7) is 1.05. The Morgan fingerprint density at radius 2 is 1.89 bits per heavy atom. The number of nitrogens with one attached hydrogen (secondary N) is 1. The van der Waals surface area contributed by atoms with Crippen LogP contribution in [0.2, 0.25) is 0 Å². The topological polar surface area (TPSA) is 12.0 Å². The highest BCUT2D eigenvalue weighted by Gasteiger charge is 2.31. The summed E-state index contributed by atoms with van der Waals surface area (Å²) in [6, 6.07) is 15.6. The molecule has 1 aliphatic rings. The van der Waals surface area contributed by atoms with E-state index in [2.05, 4.69) is 67.0 Å². The predicted octanol–water partition coefficient (Wildman–Crippen LogP) is 4.04. The molecule has 19 heavy (non-hydrogen) atoms. The fourth-order valence-corrected chi connectivity index (χ4v) is 3.27. The molecule has 0 unspecified atom stereocenters. The molecular weight excluding hydrogens is 230 g/mol. The van der Waals surface area contributed by atoms with Gasteiger partial charge in [-0.15, -0.1) is 0 Å². The van der Waals surface area contributed by atoms with E-state index in [0.717, 1.165) is 13.0 Å². The zero-order valence-corrected chi connectivity index (χ0v) is 11.5. The minimum atomic E-state index is 0.271. The molecule has 0 aliphatic heterocycles. The monoisotopic (exact) mass is 251 g/mol. The lowest BCUT2D eigenvalue weighted by atomic mass is 9.71. The molecule has 1 heteroatoms. The molecule has 1 atom stereocenters. The van der Waals surface area contributed by atoms with Crippen molar-refractivity contribution in [3.8, 4) is 0 Å². The highest BCUT2D eigenvalue weighted by Crippen LogP contribution is 2.37. The summed E-state index contributed by atoms with van der Waals surface area (Å²) in [4.78, 5) is 0. The smallest absolute Gasteiger partial charge is 0.0115 e. The Balaban J connectivity index is 2.07. The summed E-state index contributed by atoms with van der Waals surface area (Å²) in [5.74, 6) is 0. The number of fused-ring (bicyclic) bond motifs is 1. The summed E-state index contributed by atoms with van der Waals surface area (Å²) in [6.07, 6.45) is 8.23. The van der Waals surface area contributed by atoms with Crippen LogP contribution < -0.4 is 5.32 Å². The van der Waals surface area contributed by atoms with E-state index in [-0.39, 0.29) is 5.41 Å². The molecule has 0 bridgehead atoms. The van der Waals surface area contributed by atoms with Gasteiger partial charge in [-0.25, -0.2) is 0 Å². The summed E-state index contributed by atoms with van der Waals surface area (Å²) in [5.41, 5.74) is 1.75. The Hall–Kier alpha value is -1.60. The second kappa shape index (κ2) is 5.18. The van der Waals surface area contributed by atoms with E-state index in [1.165, 1.54) is 29.2 Å². The van der Waals surface area contributed by atoms with Crippen LogP contribution in [-0.4, -0.2) is 13.6 Å². The zero-order chi connectivity index (χ0) is 13.1. The quantitative estimate of drug-likeness (QED) is 0.812. The van der Waals surface area contributed by atoms with Gasteiger partial charge in [-0.3, -0.25) is 0 Å². The Labute approximate surface area is 115 Å². The van der Waals surface area contributed by atoms with Gasteiger partial charge >= 0.3 is 0 Å². The van der Waals surface area contributed by atoms with Crippen LogP contribution in [0.1, 0.15) is 24.8 Å². The first-order valence-corrected chi connectivity index (χ1v) is 7.13. The third-order valence-corrected chi connectivity index (χ3v) is 4.34. The van der Waals surface area contributed by atoms with Gasteiger partial charge in [0.1, 0.15) is 0 Å². The first-order valence-electron chi connectivity index (χ1n) is 7.13. The van der Waals surface area contributed by atoms with E-state index in [4.69, 9.17) is 0 Å². The molecule has 0 saturated heterocycles. The Bertz CT molecular complexity index is 599. The number of hydrogen-bond acceptors (Lipinski definition) is 1. The first-order chi connectivity index (χ1) is 9.34. The van der Waals surface area contributed by atoms with Gasteiger partial charge in [-0.1, -0.05) is 54.6 Å². The Morgan fingerprint density at radius 3 is 2.63 bits per heavy atom. The van der Waals surface area contributed by atoms with Crippen LogP contribution in [-0.2, 0) is 5.41 Å². The summed E-state index contributed by atoms with van der Waals surface area (Å²) < 4.78 is 0. The molecule has 0 heterocycles. The van der Waals surface area contributed by atoms with Crippen LogP contribution in [0.25, 0.3) is 10.8 Å². The van der Waals surface area contributed by atoms with E-state index in [1.807, 2.05) is 0 Å². The number of benzene rings is 2. The van der Waals surface area contributed by atoms with Crippen molar-refractivity contribution < 1.29 is 0 Å². The summed E-state index contributed by atoms with van der Waals surface area (Å²) >= 11 is 0. The van der Waals surface area contributed by atoms with E-state index in [0.29, 0.717) is 0 Å². The SMILES string of the molecule is CNC[C@@]1(c2ccc3ccccc3c2)CC=CCC1. The Kier molecular flexibility index (Phi) is 3.39. The second-order valence-corrected chi connectivity index (χ2v) is 5.59. The molecule has 1 N–H and O–H groups in total. The molecule has 98 valence electrons. The molecule has 1 aliphatic carbocycles. The molecule has 0 fully saturated rings. The molecule has 2 aromatic rings. The number of rotatable bonds is 3. The van der Waals surface area contributed by atoms with Crippen molar-refractivity contribution in [2.24, 2.45) is 0 Å². The van der Waals surface area contributed by atoms with Crippen molar-refractivity contribution in [1.29, 1.82) is 0 Å². The largest absolute Gasteiger partial charge is 0.319 e. The first kappa shape index (κ1) is 12.4. The van der Waals surface area contributed by atoms with Crippen molar-refractivity contribution in [3.63, 3.8) is 0 Å². The van der Waals surface area contributed by atoms with Gasteiger partial charge < -0.3 is 5.32 Å². The van der Waals surface area contributed by atoms with Crippen LogP contribution in [0.3, 0.4) is 0 Å². The molecule has 1 nitrogen and oxygen atoms in total. The van der Waals surface area contributed by atoms with E-state index >= 15 is 0 Å². The van der Waals surface area contributed by atoms with Gasteiger partial charge in [0.25, 0.3) is 0 Å². The number of allylic oxidation sites excluding steroid dienone is 2. The third kappa shape index (κ3) is 2.31. The lowest BCUT2D eigenvalue weighted by molar-refractivity contribution is 0.373. The maximum Gasteiger partial charge on any atom is 0.0115 e. The van der Waals surface area contributed by atoms with E-state index < -0.39 is 0 Å². The van der Waals surface area contributed by atoms with Gasteiger partial charge in [0.05, 0.1) is 0 Å². The maximum absolute atomic E-state index is 3.39. The van der Waals surface area contributed by atoms with Gasteiger partial charge in [0.2, 0.25) is 0 Å². The molecule has 0 aromatic heterocycles. The molecule has 2 aromatic carbocycles. The lowest BCUT2D eigenvalue weighted by Gasteiger charge is -2.35. The predicted molar refractivity (Wildman–Crippen MR) is 82.5 cm³/mol. The summed E-state index contributed by atoms with van der Waals surface area (Å²) in [5, 5.41) is 6.07. The summed E-state index contributed by atoms with van der Waals surface area (Å²) in [7, 11) is 2.06. The number of hydrogen-bond donors (Lipinski definition) is 1. The average molecular weight is 251 g/mol. The van der Waals surface area contributed by atoms with Crippen molar-refractivity contribution in [3.05, 3.63) is 60.2 Å². The third-order valence-electron chi connectivity index (χ3n) is 4.34. The van der Waals surface area contributed by atoms with Gasteiger partial charge in [0, 0.05) is 12.0 Å². The average Bonchev–Trinajstić information content (AvgIpc) is 2.48. The molecule has 3 rings (SSSR count). The van der Waals surface area contributed by atoms with Crippen molar-refractivity contribution >= 4 is 10.8 Å². The van der Waals surface area contributed by atoms with Crippen LogP contribution >= 0.6 is 0 Å². The van der Waals surface area contributed by atoms with Crippen LogP contribution in [0.15, 0.2) is 54.6 Å². The van der Waals surface area contributed by atoms with Crippen molar-refractivity contribution in [2.75, 3.05) is 13.6 Å². The minimum absolute atomic E-state index is 0.271. The number of likely N-dealkylation sites (N-methyl/N-ethyl adjacent to an activating group) is 1. The highest BCUT2D eigenvalue weighted by molar-refractivity contribution is 5.83. The van der Waals surface area contributed by atoms with Crippen LogP contribution in [0, 0.1) is 0 Å². The molecular formula is C18H21N. The lowest BCUT2D eigenvalue weighted by Crippen LogP contribution is -2.37. The fraction of sp³-hybridized carbons (Fsp3) is 0.333. The second-order valence-electron chi connectivity index (χ2n) is 5.59. The van der Waals surface area contributed by atoms with Crippen molar-refractivity contribution in [1.82, 2.24) is 5.32 Å². The zero-order valence-electron chi connectivity index (χ0n) is 11.5. The van der Waals surface area contributed by atoms with Gasteiger partial charge in [0.15, 0.2) is 0 Å².